The van der Waals surface area contributed by atoms with Gasteiger partial charge in [0.05, 0.1) is 92.9 Å². The van der Waals surface area contributed by atoms with Crippen LogP contribution in [0.3, 0.4) is 0 Å². The van der Waals surface area contributed by atoms with Crippen molar-refractivity contribution in [3.63, 3.8) is 0 Å². The van der Waals surface area contributed by atoms with Crippen molar-refractivity contribution in [3.8, 4) is 34.5 Å². The minimum Gasteiger partial charge on any atom is -0.669 e. The molecular weight excluding hydrogens is 1350 g/mol. The zero-order chi connectivity index (χ0) is 69.1. The molecular formula is C54H60B3N12Na3O27. The van der Waals surface area contributed by atoms with Crippen LogP contribution in [-0.4, -0.2) is 252 Å². The zero-order valence-corrected chi connectivity index (χ0v) is 59.2. The second-order valence-electron chi connectivity index (χ2n) is 23.3. The molecule has 99 heavy (non-hydrogen) atoms. The number of carbonyl (C=O) groups is 9. The van der Waals surface area contributed by atoms with Gasteiger partial charge in [-0.05, 0) is 54.2 Å². The molecule has 12 rings (SSSR count). The van der Waals surface area contributed by atoms with E-state index in [1.54, 1.807) is 18.2 Å². The first kappa shape index (κ1) is 78.4. The number of carboxylic acids is 6. The Balaban J connectivity index is 0.000000206. The van der Waals surface area contributed by atoms with Crippen LogP contribution in [0.5, 0.6) is 34.5 Å². The van der Waals surface area contributed by atoms with Crippen molar-refractivity contribution in [2.24, 2.45) is 0 Å². The van der Waals surface area contributed by atoms with Gasteiger partial charge in [-0.15, -0.1) is 15.3 Å². The molecule has 0 saturated carbocycles. The quantitative estimate of drug-likeness (QED) is 0.0298. The van der Waals surface area contributed by atoms with Crippen LogP contribution in [0.2, 0.25) is 19.0 Å². The van der Waals surface area contributed by atoms with E-state index in [0.29, 0.717) is 16.7 Å². The van der Waals surface area contributed by atoms with Crippen molar-refractivity contribution < 1.29 is 221 Å². The second-order valence-corrected chi connectivity index (χ2v) is 23.3. The summed E-state index contributed by atoms with van der Waals surface area (Å²) in [5.41, 5.74) is 1.44. The van der Waals surface area contributed by atoms with Gasteiger partial charge in [-0.25, -0.2) is 28.4 Å². The Morgan fingerprint density at radius 2 is 0.646 bits per heavy atom. The number of aromatic nitrogens is 9. The van der Waals surface area contributed by atoms with Crippen LogP contribution in [0.4, 0.5) is 0 Å². The molecule has 9 heterocycles. The molecule has 510 valence electrons. The van der Waals surface area contributed by atoms with E-state index in [1.165, 1.54) is 65.5 Å². The smallest absolute Gasteiger partial charge is 0.669 e. The van der Waals surface area contributed by atoms with Gasteiger partial charge in [0.15, 0.2) is 0 Å². The minimum absolute atomic E-state index is 0. The first-order valence-electron chi connectivity index (χ1n) is 29.5. The fourth-order valence-corrected chi connectivity index (χ4v) is 10.9. The normalized spacial score (nSPS) is 16.6. The summed E-state index contributed by atoms with van der Waals surface area (Å²) in [5, 5.41) is 136. The third kappa shape index (κ3) is 20.0. The SMILES string of the molecule is O=C(O)Cc1cn(CC(=O)N2CC(Oc3ccc4c(c3C(=O)O)O[B-](O)(O)CC4)C2)nn1.O=C(O)Cc1cn(CC(=O)N2CC(Oc3ccc4c(c3C(=O)O)O[B-](O)(O)CC4)C2)nn1.O=C(O)Cc1cn(CC(=O)N2CC(Oc3ccc4c(c3C(=O)O)O[B-](O)(O)CC4)C2)nn1.[Na+].[Na+].[Na+]. The summed E-state index contributed by atoms with van der Waals surface area (Å²) in [6, 6.07) is 9.31. The molecule has 0 spiro atoms. The molecule has 3 saturated heterocycles. The summed E-state index contributed by atoms with van der Waals surface area (Å²) < 4.78 is 36.4. The number of carboxylic acid groups (broad SMARTS) is 6. The Labute approximate surface area is 624 Å². The minimum atomic E-state index is -3.14. The Kier molecular flexibility index (Phi) is 25.8. The van der Waals surface area contributed by atoms with E-state index >= 15 is 0 Å². The number of nitrogens with zero attached hydrogens (tertiary/aromatic N) is 12. The van der Waals surface area contributed by atoms with E-state index < -0.39 is 74.4 Å². The van der Waals surface area contributed by atoms with Crippen LogP contribution < -0.4 is 117 Å². The summed E-state index contributed by atoms with van der Waals surface area (Å²) in [6.45, 7) is -8.52. The Morgan fingerprint density at radius 3 is 0.869 bits per heavy atom. The Bertz CT molecular complexity index is 3660. The van der Waals surface area contributed by atoms with Crippen molar-refractivity contribution in [2.75, 3.05) is 39.3 Å². The average Bonchev–Trinajstić information content (AvgIpc) is 1.38. The van der Waals surface area contributed by atoms with Gasteiger partial charge in [0, 0.05) is 18.6 Å². The molecule has 0 unspecified atom stereocenters. The van der Waals surface area contributed by atoms with Gasteiger partial charge < -0.3 is 104 Å². The fourth-order valence-electron chi connectivity index (χ4n) is 10.9. The van der Waals surface area contributed by atoms with Crippen molar-refractivity contribution in [1.82, 2.24) is 59.7 Å². The number of aliphatic carboxylic acids is 3. The third-order valence-electron chi connectivity index (χ3n) is 15.7. The monoisotopic (exact) mass is 1410 g/mol. The molecule has 6 aromatic rings. The van der Waals surface area contributed by atoms with E-state index in [0.717, 1.165) is 0 Å². The fraction of sp³-hybridized carbons (Fsp3) is 0.389. The van der Waals surface area contributed by atoms with Crippen LogP contribution in [-0.2, 0) is 86.9 Å². The molecule has 3 aromatic carbocycles. The molecule has 3 fully saturated rings. The number of rotatable bonds is 21. The molecule has 0 radical (unpaired) electrons. The van der Waals surface area contributed by atoms with E-state index in [-0.39, 0.29) is 291 Å². The molecule has 0 atom stereocenters. The number of aryl methyl sites for hydroxylation is 3. The molecule has 12 N–H and O–H groups in total. The van der Waals surface area contributed by atoms with Crippen molar-refractivity contribution in [1.29, 1.82) is 0 Å². The second kappa shape index (κ2) is 32.6. The number of amides is 3. The number of benzene rings is 3. The van der Waals surface area contributed by atoms with Crippen LogP contribution in [0.1, 0.15) is 64.8 Å². The maximum absolute atomic E-state index is 12.4. The number of aromatic carboxylic acids is 3. The van der Waals surface area contributed by atoms with Crippen molar-refractivity contribution in [3.05, 3.63) is 105 Å². The van der Waals surface area contributed by atoms with Crippen LogP contribution in [0.15, 0.2) is 55.0 Å². The third-order valence-corrected chi connectivity index (χ3v) is 15.7. The maximum atomic E-state index is 12.4. The zero-order valence-electron chi connectivity index (χ0n) is 53.2. The number of fused-ring (bicyclic) bond motifs is 3. The van der Waals surface area contributed by atoms with Crippen LogP contribution in [0, 0.1) is 0 Å². The summed E-state index contributed by atoms with van der Waals surface area (Å²) in [4.78, 5) is 109. The molecule has 45 heteroatoms. The van der Waals surface area contributed by atoms with Crippen molar-refractivity contribution >= 4 is 73.8 Å². The molecule has 3 amide bonds. The van der Waals surface area contributed by atoms with E-state index in [2.05, 4.69) is 30.9 Å². The number of likely N-dealkylation sites (tertiary alicyclic amines) is 3. The summed E-state index contributed by atoms with van der Waals surface area (Å²) >= 11 is 0. The average molecular weight is 1410 g/mol. The number of hydrogen-bond donors (Lipinski definition) is 12. The molecule has 3 aromatic heterocycles. The number of hydrogen-bond acceptors (Lipinski definition) is 27. The Hall–Kier alpha value is -7.94. The van der Waals surface area contributed by atoms with Gasteiger partial charge in [-0.2, -0.15) is 0 Å². The van der Waals surface area contributed by atoms with Gasteiger partial charge in [-0.1, -0.05) is 52.8 Å². The van der Waals surface area contributed by atoms with Crippen LogP contribution >= 0.6 is 0 Å². The maximum Gasteiger partial charge on any atom is 1.00 e. The number of ether oxygens (including phenoxy) is 3. The summed E-state index contributed by atoms with van der Waals surface area (Å²) in [7, 11) is 0. The Morgan fingerprint density at radius 1 is 0.404 bits per heavy atom. The predicted molar refractivity (Wildman–Crippen MR) is 315 cm³/mol. The topological polar surface area (TPSA) is 554 Å². The summed E-state index contributed by atoms with van der Waals surface area (Å²) in [6.07, 6.45) is 2.56. The molecule has 6 aliphatic rings. The van der Waals surface area contributed by atoms with Gasteiger partial charge in [0.1, 0.15) is 71.9 Å². The van der Waals surface area contributed by atoms with Crippen LogP contribution in [0.25, 0.3) is 0 Å². The van der Waals surface area contributed by atoms with Gasteiger partial charge in [0.2, 0.25) is 17.7 Å². The standard InChI is InChI=1S/3C18H20BN4O9.3Na/c3*24-14(9-23-6-11(20-21-23)5-15(25)26)22-7-12(8-22)31-13-2-1-10-3-4-19(29,30)32-17(10)16(13)18(27)28;;;/h3*1-2,6,12,29-30H,3-5,7-9H2,(H,25,26)(H,27,28);;;/q3*-1;3*+1. The molecule has 0 bridgehead atoms. The largest absolute Gasteiger partial charge is 1.00 e. The van der Waals surface area contributed by atoms with Gasteiger partial charge >= 0.3 is 145 Å². The van der Waals surface area contributed by atoms with Crippen molar-refractivity contribution in [2.45, 2.75) is 95.4 Å². The molecule has 6 aliphatic heterocycles. The first-order chi connectivity index (χ1) is 45.3. The molecule has 0 aliphatic carbocycles. The van der Waals surface area contributed by atoms with E-state index in [1.807, 2.05) is 0 Å². The van der Waals surface area contributed by atoms with E-state index in [9.17, 15) is 88.6 Å². The van der Waals surface area contributed by atoms with Gasteiger partial charge in [0.25, 0.3) is 0 Å². The first-order valence-corrected chi connectivity index (χ1v) is 29.5. The van der Waals surface area contributed by atoms with E-state index in [4.69, 9.17) is 43.5 Å². The molecule has 39 nitrogen and oxygen atoms in total. The predicted octanol–water partition coefficient (Wildman–Crippen LogP) is -12.7. The number of carbonyl (C=O) groups excluding carboxylic acids is 3. The van der Waals surface area contributed by atoms with Gasteiger partial charge in [-0.3, -0.25) is 28.8 Å². The summed E-state index contributed by atoms with van der Waals surface area (Å²) in [5.74, 6) is -8.33.